The number of rotatable bonds is 4. The Morgan fingerprint density at radius 1 is 0.920 bits per heavy atom. The number of carbonyl (C=O) groups excluding carboxylic acids is 3. The van der Waals surface area contributed by atoms with E-state index in [0.717, 1.165) is 12.1 Å². The first-order chi connectivity index (χ1) is 12.0. The molecular formula is C18H15FN2O4. The van der Waals surface area contributed by atoms with Crippen LogP contribution in [-0.2, 0) is 9.53 Å². The van der Waals surface area contributed by atoms with Crippen LogP contribution in [0.1, 0.15) is 26.3 Å². The predicted molar refractivity (Wildman–Crippen MR) is 88.8 cm³/mol. The number of benzene rings is 2. The summed E-state index contributed by atoms with van der Waals surface area (Å²) in [6, 6.07) is 11.3. The van der Waals surface area contributed by atoms with Crippen LogP contribution in [0.15, 0.2) is 54.6 Å². The second-order valence-corrected chi connectivity index (χ2v) is 4.90. The number of methoxy groups -OCH3 is 1. The second-order valence-electron chi connectivity index (χ2n) is 4.90. The van der Waals surface area contributed by atoms with Crippen molar-refractivity contribution in [3.63, 3.8) is 0 Å². The molecule has 2 rings (SSSR count). The maximum Gasteiger partial charge on any atom is 0.337 e. The van der Waals surface area contributed by atoms with Gasteiger partial charge in [-0.3, -0.25) is 20.4 Å². The topological polar surface area (TPSA) is 84.5 Å². The summed E-state index contributed by atoms with van der Waals surface area (Å²) in [7, 11) is 1.29. The van der Waals surface area contributed by atoms with Crippen LogP contribution >= 0.6 is 0 Å². The minimum absolute atomic E-state index is 0.212. The van der Waals surface area contributed by atoms with Gasteiger partial charge in [-0.15, -0.1) is 0 Å². The van der Waals surface area contributed by atoms with Gasteiger partial charge >= 0.3 is 5.97 Å². The van der Waals surface area contributed by atoms with E-state index in [4.69, 9.17) is 0 Å². The quantitative estimate of drug-likeness (QED) is 0.506. The molecule has 6 nitrogen and oxygen atoms in total. The highest BCUT2D eigenvalue weighted by Crippen LogP contribution is 2.07. The number of hydrogen-bond acceptors (Lipinski definition) is 4. The molecule has 2 N–H and O–H groups in total. The van der Waals surface area contributed by atoms with Crippen LogP contribution in [0, 0.1) is 5.82 Å². The lowest BCUT2D eigenvalue weighted by molar-refractivity contribution is -0.117. The molecule has 2 amide bonds. The van der Waals surface area contributed by atoms with Crippen LogP contribution in [0.25, 0.3) is 6.08 Å². The first-order valence-electron chi connectivity index (χ1n) is 7.22. The summed E-state index contributed by atoms with van der Waals surface area (Å²) in [6.07, 6.45) is 2.73. The van der Waals surface area contributed by atoms with Gasteiger partial charge in [-0.05, 0) is 48.0 Å². The Labute approximate surface area is 143 Å². The van der Waals surface area contributed by atoms with Gasteiger partial charge in [-0.1, -0.05) is 12.1 Å². The molecular weight excluding hydrogens is 327 g/mol. The van der Waals surface area contributed by atoms with Crippen molar-refractivity contribution in [1.29, 1.82) is 0 Å². The number of carbonyl (C=O) groups is 3. The maximum atomic E-state index is 12.8. The van der Waals surface area contributed by atoms with Crippen molar-refractivity contribution in [3.8, 4) is 0 Å². The monoisotopic (exact) mass is 342 g/mol. The first-order valence-corrected chi connectivity index (χ1v) is 7.22. The molecule has 0 bridgehead atoms. The molecule has 0 radical (unpaired) electrons. The van der Waals surface area contributed by atoms with Gasteiger partial charge in [0.1, 0.15) is 5.82 Å². The second kappa shape index (κ2) is 8.39. The van der Waals surface area contributed by atoms with Gasteiger partial charge in [0.05, 0.1) is 12.7 Å². The molecule has 128 valence electrons. The fourth-order valence-corrected chi connectivity index (χ4v) is 1.85. The van der Waals surface area contributed by atoms with E-state index < -0.39 is 23.6 Å². The fourth-order valence-electron chi connectivity index (χ4n) is 1.85. The molecule has 0 atom stereocenters. The Balaban J connectivity index is 1.87. The minimum Gasteiger partial charge on any atom is -0.465 e. The number of nitrogens with one attached hydrogen (secondary N) is 2. The van der Waals surface area contributed by atoms with E-state index in [0.29, 0.717) is 11.1 Å². The fraction of sp³-hybridized carbons (Fsp3) is 0.0556. The Morgan fingerprint density at radius 2 is 1.52 bits per heavy atom. The summed E-state index contributed by atoms with van der Waals surface area (Å²) in [5.41, 5.74) is 5.72. The molecule has 0 aromatic heterocycles. The zero-order chi connectivity index (χ0) is 18.2. The molecule has 0 unspecified atom stereocenters. The third kappa shape index (κ3) is 5.28. The molecule has 2 aromatic carbocycles. The predicted octanol–water partition coefficient (Wildman–Crippen LogP) is 2.09. The lowest BCUT2D eigenvalue weighted by Gasteiger charge is -2.05. The van der Waals surface area contributed by atoms with Crippen molar-refractivity contribution in [2.45, 2.75) is 0 Å². The molecule has 0 aliphatic carbocycles. The van der Waals surface area contributed by atoms with E-state index in [2.05, 4.69) is 15.6 Å². The summed E-state index contributed by atoms with van der Waals surface area (Å²) in [4.78, 5) is 34.7. The lowest BCUT2D eigenvalue weighted by Crippen LogP contribution is -2.40. The van der Waals surface area contributed by atoms with Gasteiger partial charge in [0, 0.05) is 11.6 Å². The van der Waals surface area contributed by atoms with Crippen molar-refractivity contribution >= 4 is 23.9 Å². The molecule has 0 aliphatic rings. The van der Waals surface area contributed by atoms with Gasteiger partial charge in [-0.2, -0.15) is 0 Å². The molecule has 25 heavy (non-hydrogen) atoms. The van der Waals surface area contributed by atoms with Crippen molar-refractivity contribution < 1.29 is 23.5 Å². The number of amides is 2. The van der Waals surface area contributed by atoms with Crippen molar-refractivity contribution in [2.75, 3.05) is 7.11 Å². The highest BCUT2D eigenvalue weighted by molar-refractivity contribution is 5.98. The zero-order valence-electron chi connectivity index (χ0n) is 13.3. The van der Waals surface area contributed by atoms with E-state index in [9.17, 15) is 18.8 Å². The van der Waals surface area contributed by atoms with Crippen LogP contribution in [0.2, 0.25) is 0 Å². The maximum absolute atomic E-state index is 12.8. The number of hydrazine groups is 1. The Kier molecular flexibility index (Phi) is 6.00. The van der Waals surface area contributed by atoms with Crippen LogP contribution < -0.4 is 10.9 Å². The number of ether oxygens (including phenoxy) is 1. The third-order valence-corrected chi connectivity index (χ3v) is 3.16. The zero-order valence-corrected chi connectivity index (χ0v) is 13.3. The molecule has 0 heterocycles. The molecule has 0 saturated carbocycles. The Hall–Kier alpha value is -3.48. The number of hydrogen-bond donors (Lipinski definition) is 2. The van der Waals surface area contributed by atoms with Gasteiger partial charge in [0.15, 0.2) is 0 Å². The molecule has 7 heteroatoms. The van der Waals surface area contributed by atoms with Crippen LogP contribution in [0.5, 0.6) is 0 Å². The van der Waals surface area contributed by atoms with E-state index in [1.165, 1.54) is 31.4 Å². The number of halogens is 1. The Bertz CT molecular complexity index is 799. The smallest absolute Gasteiger partial charge is 0.337 e. The summed E-state index contributed by atoms with van der Waals surface area (Å²) in [5, 5.41) is 0. The summed E-state index contributed by atoms with van der Waals surface area (Å²) < 4.78 is 17.4. The summed E-state index contributed by atoms with van der Waals surface area (Å²) in [5.74, 6) is -2.02. The SMILES string of the molecule is COC(=O)c1ccc(C=CC(=O)NNC(=O)c2ccc(F)cc2)cc1. The molecule has 2 aromatic rings. The summed E-state index contributed by atoms with van der Waals surface area (Å²) in [6.45, 7) is 0. The standard InChI is InChI=1S/C18H15FN2O4/c1-25-18(24)14-5-2-12(3-6-14)4-11-16(22)20-21-17(23)13-7-9-15(19)10-8-13/h2-11H,1H3,(H,20,22)(H,21,23). The molecule has 0 aliphatic heterocycles. The van der Waals surface area contributed by atoms with Crippen molar-refractivity contribution in [3.05, 3.63) is 77.1 Å². The third-order valence-electron chi connectivity index (χ3n) is 3.16. The van der Waals surface area contributed by atoms with E-state index >= 15 is 0 Å². The highest BCUT2D eigenvalue weighted by Gasteiger charge is 2.06. The molecule has 0 saturated heterocycles. The number of esters is 1. The van der Waals surface area contributed by atoms with Gasteiger partial charge in [0.25, 0.3) is 11.8 Å². The summed E-state index contributed by atoms with van der Waals surface area (Å²) >= 11 is 0. The van der Waals surface area contributed by atoms with E-state index in [1.807, 2.05) is 0 Å². The van der Waals surface area contributed by atoms with Crippen molar-refractivity contribution in [1.82, 2.24) is 10.9 Å². The van der Waals surface area contributed by atoms with Crippen LogP contribution in [-0.4, -0.2) is 24.9 Å². The average molecular weight is 342 g/mol. The van der Waals surface area contributed by atoms with Crippen molar-refractivity contribution in [2.24, 2.45) is 0 Å². The van der Waals surface area contributed by atoms with Crippen LogP contribution in [0.3, 0.4) is 0 Å². The first kappa shape index (κ1) is 17.9. The highest BCUT2D eigenvalue weighted by atomic mass is 19.1. The lowest BCUT2D eigenvalue weighted by atomic mass is 10.1. The van der Waals surface area contributed by atoms with Gasteiger partial charge < -0.3 is 4.74 Å². The largest absolute Gasteiger partial charge is 0.465 e. The molecule has 0 spiro atoms. The molecule has 0 fully saturated rings. The normalized spacial score (nSPS) is 10.3. The Morgan fingerprint density at radius 3 is 2.12 bits per heavy atom. The van der Waals surface area contributed by atoms with Gasteiger partial charge in [-0.25, -0.2) is 9.18 Å². The van der Waals surface area contributed by atoms with Crippen LogP contribution in [0.4, 0.5) is 4.39 Å². The average Bonchev–Trinajstić information content (AvgIpc) is 2.64. The van der Waals surface area contributed by atoms with E-state index in [1.54, 1.807) is 24.3 Å². The van der Waals surface area contributed by atoms with E-state index in [-0.39, 0.29) is 5.56 Å². The minimum atomic E-state index is -0.566. The van der Waals surface area contributed by atoms with Gasteiger partial charge in [0.2, 0.25) is 0 Å².